The number of carbonyl (C=O) groups is 1. The topological polar surface area (TPSA) is 57.5 Å². The van der Waals surface area contributed by atoms with Crippen molar-refractivity contribution in [1.29, 1.82) is 0 Å². The number of carbonyl (C=O) groups excluding carboxylic acids is 1. The molecule has 134 valence electrons. The Hall–Kier alpha value is -2.28. The molecular formula is C18H19F2NO4. The van der Waals surface area contributed by atoms with Crippen LogP contribution in [0.15, 0.2) is 23.1 Å². The van der Waals surface area contributed by atoms with Gasteiger partial charge in [-0.2, -0.15) is 0 Å². The average Bonchev–Trinajstić information content (AvgIpc) is 2.60. The monoisotopic (exact) mass is 351 g/mol. The van der Waals surface area contributed by atoms with Gasteiger partial charge in [-0.1, -0.05) is 0 Å². The molecular weight excluding hydrogens is 332 g/mol. The Morgan fingerprint density at radius 1 is 1.36 bits per heavy atom. The minimum atomic E-state index is -1.13. The van der Waals surface area contributed by atoms with E-state index in [2.05, 4.69) is 0 Å². The molecule has 2 heterocycles. The highest BCUT2D eigenvalue weighted by atomic mass is 19.2. The van der Waals surface area contributed by atoms with Crippen molar-refractivity contribution in [2.24, 2.45) is 5.92 Å². The Kier molecular flexibility index (Phi) is 5.13. The average molecular weight is 351 g/mol. The van der Waals surface area contributed by atoms with Crippen LogP contribution in [-0.2, 0) is 16.0 Å². The fraction of sp³-hybridized carbons (Fsp3) is 0.444. The number of rotatable bonds is 4. The van der Waals surface area contributed by atoms with Gasteiger partial charge in [0.05, 0.1) is 18.7 Å². The number of aromatic nitrogens is 1. The largest absolute Gasteiger partial charge is 0.462 e. The summed E-state index contributed by atoms with van der Waals surface area (Å²) >= 11 is 0. The van der Waals surface area contributed by atoms with Crippen LogP contribution in [0.3, 0.4) is 0 Å². The fourth-order valence-corrected chi connectivity index (χ4v) is 3.12. The third-order valence-electron chi connectivity index (χ3n) is 4.33. The standard InChI is InChI=1S/C18H19F2NO4/c1-2-25-18(23)13-9-21(8-11-4-3-5-24-10-11)16-7-15(20)14(19)6-12(16)17(13)22/h6-7,9,11H,2-5,8,10H2,1H3. The number of fused-ring (bicyclic) bond motifs is 1. The van der Waals surface area contributed by atoms with Gasteiger partial charge in [-0.3, -0.25) is 4.79 Å². The van der Waals surface area contributed by atoms with E-state index in [9.17, 15) is 18.4 Å². The summed E-state index contributed by atoms with van der Waals surface area (Å²) in [5.41, 5.74) is -0.594. The number of benzene rings is 1. The zero-order chi connectivity index (χ0) is 18.0. The van der Waals surface area contributed by atoms with E-state index >= 15 is 0 Å². The molecule has 3 rings (SSSR count). The molecule has 0 amide bonds. The number of hydrogen-bond donors (Lipinski definition) is 0. The van der Waals surface area contributed by atoms with Crippen molar-refractivity contribution in [3.05, 3.63) is 45.8 Å². The first-order valence-electron chi connectivity index (χ1n) is 8.28. The summed E-state index contributed by atoms with van der Waals surface area (Å²) in [7, 11) is 0. The lowest BCUT2D eigenvalue weighted by Gasteiger charge is -2.24. The van der Waals surface area contributed by atoms with Gasteiger partial charge in [-0.25, -0.2) is 13.6 Å². The summed E-state index contributed by atoms with van der Waals surface area (Å²) in [5.74, 6) is -2.77. The molecule has 0 aliphatic carbocycles. The predicted octanol–water partition coefficient (Wildman–Crippen LogP) is 2.88. The van der Waals surface area contributed by atoms with E-state index in [0.717, 1.165) is 25.0 Å². The van der Waals surface area contributed by atoms with Crippen molar-refractivity contribution in [2.75, 3.05) is 19.8 Å². The van der Waals surface area contributed by atoms with Crippen molar-refractivity contribution < 1.29 is 23.0 Å². The predicted molar refractivity (Wildman–Crippen MR) is 87.6 cm³/mol. The molecule has 1 aliphatic rings. The highest BCUT2D eigenvalue weighted by molar-refractivity contribution is 5.93. The number of ether oxygens (including phenoxy) is 2. The minimum absolute atomic E-state index is 0.0406. The van der Waals surface area contributed by atoms with Crippen molar-refractivity contribution in [3.63, 3.8) is 0 Å². The third-order valence-corrected chi connectivity index (χ3v) is 4.33. The Morgan fingerprint density at radius 2 is 2.12 bits per heavy atom. The lowest BCUT2D eigenvalue weighted by Crippen LogP contribution is -2.26. The van der Waals surface area contributed by atoms with Gasteiger partial charge in [0.2, 0.25) is 5.43 Å². The summed E-state index contributed by atoms with van der Waals surface area (Å²) in [6.45, 7) is 3.44. The third kappa shape index (κ3) is 3.56. The van der Waals surface area contributed by atoms with E-state index < -0.39 is 23.0 Å². The van der Waals surface area contributed by atoms with Crippen molar-refractivity contribution in [1.82, 2.24) is 4.57 Å². The molecule has 0 spiro atoms. The first-order valence-corrected chi connectivity index (χ1v) is 8.28. The molecule has 1 aromatic carbocycles. The lowest BCUT2D eigenvalue weighted by molar-refractivity contribution is 0.0483. The highest BCUT2D eigenvalue weighted by Gasteiger charge is 2.21. The fourth-order valence-electron chi connectivity index (χ4n) is 3.12. The molecule has 2 aromatic rings. The van der Waals surface area contributed by atoms with Crippen LogP contribution >= 0.6 is 0 Å². The van der Waals surface area contributed by atoms with Crippen LogP contribution in [0.1, 0.15) is 30.1 Å². The molecule has 25 heavy (non-hydrogen) atoms. The molecule has 1 atom stereocenters. The molecule has 1 aromatic heterocycles. The van der Waals surface area contributed by atoms with Crippen molar-refractivity contribution in [2.45, 2.75) is 26.3 Å². The van der Waals surface area contributed by atoms with Crippen LogP contribution in [0.5, 0.6) is 0 Å². The van der Waals surface area contributed by atoms with Crippen LogP contribution < -0.4 is 5.43 Å². The SMILES string of the molecule is CCOC(=O)c1cn(CC2CCCOC2)c2cc(F)c(F)cc2c1=O. The number of halogens is 2. The maximum absolute atomic E-state index is 13.7. The summed E-state index contributed by atoms with van der Waals surface area (Å²) in [6.07, 6.45) is 3.21. The van der Waals surface area contributed by atoms with E-state index in [1.165, 1.54) is 6.20 Å². The Labute approximate surface area is 143 Å². The molecule has 0 radical (unpaired) electrons. The smallest absolute Gasteiger partial charge is 0.343 e. The maximum Gasteiger partial charge on any atom is 0.343 e. The Bertz CT molecular complexity index is 856. The number of nitrogens with zero attached hydrogens (tertiary/aromatic N) is 1. The normalized spacial score (nSPS) is 17.6. The molecule has 0 saturated carbocycles. The zero-order valence-electron chi connectivity index (χ0n) is 13.9. The van der Waals surface area contributed by atoms with Crippen LogP contribution in [0.2, 0.25) is 0 Å². The Morgan fingerprint density at radius 3 is 2.80 bits per heavy atom. The van der Waals surface area contributed by atoms with Gasteiger partial charge < -0.3 is 14.0 Å². The highest BCUT2D eigenvalue weighted by Crippen LogP contribution is 2.21. The van der Waals surface area contributed by atoms with Gasteiger partial charge in [0.1, 0.15) is 5.56 Å². The number of esters is 1. The van der Waals surface area contributed by atoms with E-state index in [0.29, 0.717) is 19.8 Å². The second-order valence-corrected chi connectivity index (χ2v) is 6.11. The van der Waals surface area contributed by atoms with E-state index in [-0.39, 0.29) is 29.0 Å². The van der Waals surface area contributed by atoms with Crippen molar-refractivity contribution >= 4 is 16.9 Å². The van der Waals surface area contributed by atoms with E-state index in [1.807, 2.05) is 0 Å². The quantitative estimate of drug-likeness (QED) is 0.795. The second-order valence-electron chi connectivity index (χ2n) is 6.11. The van der Waals surface area contributed by atoms with Crippen LogP contribution in [-0.4, -0.2) is 30.4 Å². The molecule has 1 aliphatic heterocycles. The molecule has 0 bridgehead atoms. The summed E-state index contributed by atoms with van der Waals surface area (Å²) < 4.78 is 39.3. The zero-order valence-corrected chi connectivity index (χ0v) is 13.9. The lowest BCUT2D eigenvalue weighted by atomic mass is 10.0. The van der Waals surface area contributed by atoms with Gasteiger partial charge in [-0.15, -0.1) is 0 Å². The first kappa shape index (κ1) is 17.5. The van der Waals surface area contributed by atoms with E-state index in [4.69, 9.17) is 9.47 Å². The first-order chi connectivity index (χ1) is 12.0. The molecule has 1 unspecified atom stereocenters. The molecule has 1 fully saturated rings. The number of hydrogen-bond acceptors (Lipinski definition) is 4. The van der Waals surface area contributed by atoms with Crippen LogP contribution in [0.4, 0.5) is 8.78 Å². The van der Waals surface area contributed by atoms with Crippen molar-refractivity contribution in [3.8, 4) is 0 Å². The van der Waals surface area contributed by atoms with Crippen LogP contribution in [0, 0.1) is 17.6 Å². The van der Waals surface area contributed by atoms with Gasteiger partial charge in [0.15, 0.2) is 11.6 Å². The Balaban J connectivity index is 2.14. The minimum Gasteiger partial charge on any atom is -0.462 e. The van der Waals surface area contributed by atoms with Gasteiger partial charge in [-0.05, 0) is 25.8 Å². The second kappa shape index (κ2) is 7.31. The number of pyridine rings is 1. The molecule has 1 saturated heterocycles. The van der Waals surface area contributed by atoms with Gasteiger partial charge in [0, 0.05) is 36.7 Å². The molecule has 7 heteroatoms. The van der Waals surface area contributed by atoms with Gasteiger partial charge in [0.25, 0.3) is 0 Å². The molecule has 0 N–H and O–H groups in total. The molecule has 5 nitrogen and oxygen atoms in total. The van der Waals surface area contributed by atoms with E-state index in [1.54, 1.807) is 11.5 Å². The summed E-state index contributed by atoms with van der Waals surface area (Å²) in [6, 6.07) is 1.83. The summed E-state index contributed by atoms with van der Waals surface area (Å²) in [5, 5.41) is -0.0406. The van der Waals surface area contributed by atoms with Crippen LogP contribution in [0.25, 0.3) is 10.9 Å². The summed E-state index contributed by atoms with van der Waals surface area (Å²) in [4.78, 5) is 24.6. The van der Waals surface area contributed by atoms with Gasteiger partial charge >= 0.3 is 5.97 Å². The maximum atomic E-state index is 13.7.